The van der Waals surface area contributed by atoms with Crippen molar-refractivity contribution >= 4 is 11.9 Å². The smallest absolute Gasteiger partial charge is 0.323 e. The summed E-state index contributed by atoms with van der Waals surface area (Å²) in [7, 11) is 0. The SMILES string of the molecule is [2H]C1([2H])N[C@]([2H])(C(=O)OCCCCCC(=O)OCC)C[C@H]2C[C@@H](CCc3nn[nH]n3)CC[C@H]21. The fourth-order valence-corrected chi connectivity index (χ4v) is 4.32. The van der Waals surface area contributed by atoms with Crippen LogP contribution in [-0.2, 0) is 25.5 Å². The minimum Gasteiger partial charge on any atom is -0.466 e. The molecule has 1 aliphatic heterocycles. The molecule has 1 aromatic rings. The summed E-state index contributed by atoms with van der Waals surface area (Å²) in [5.74, 6) is -0.222. The van der Waals surface area contributed by atoms with Crippen molar-refractivity contribution in [2.24, 2.45) is 17.8 Å². The second-order valence-electron chi connectivity index (χ2n) is 8.12. The number of hydrogen-bond donors (Lipinski definition) is 2. The summed E-state index contributed by atoms with van der Waals surface area (Å²) >= 11 is 0. The van der Waals surface area contributed by atoms with E-state index in [0.717, 1.165) is 19.3 Å². The van der Waals surface area contributed by atoms with Crippen LogP contribution < -0.4 is 5.32 Å². The second-order valence-corrected chi connectivity index (χ2v) is 8.12. The van der Waals surface area contributed by atoms with Gasteiger partial charge >= 0.3 is 11.9 Å². The second kappa shape index (κ2) is 12.0. The summed E-state index contributed by atoms with van der Waals surface area (Å²) in [6.07, 6.45) is 6.48. The standard InChI is InChI=1S/C21H35N5O4/c1-2-29-20(27)6-4-3-5-11-30-21(28)18-13-17-12-15(7-9-16(17)14-22-18)8-10-19-23-25-26-24-19/h15-18,22H,2-14H2,1H3,(H,23,24,25,26)/t15-,16+,17-,18+/m1/s1/i14D2,18D. The molecule has 1 saturated carbocycles. The molecule has 9 nitrogen and oxygen atoms in total. The number of nitrogens with zero attached hydrogens (tertiary/aromatic N) is 3. The maximum Gasteiger partial charge on any atom is 0.323 e. The normalized spacial score (nSPS) is 31.6. The lowest BCUT2D eigenvalue weighted by molar-refractivity contribution is -0.148. The molecule has 0 aromatic carbocycles. The molecule has 4 atom stereocenters. The maximum absolute atomic E-state index is 12.7. The number of piperidine rings is 1. The average Bonchev–Trinajstić information content (AvgIpc) is 3.27. The molecular formula is C21H35N5O4. The van der Waals surface area contributed by atoms with Gasteiger partial charge in [0.25, 0.3) is 0 Å². The van der Waals surface area contributed by atoms with E-state index >= 15 is 0 Å². The van der Waals surface area contributed by atoms with Gasteiger partial charge in [0, 0.05) is 15.6 Å². The monoisotopic (exact) mass is 424 g/mol. The zero-order valence-electron chi connectivity index (χ0n) is 20.7. The Bertz CT molecular complexity index is 782. The zero-order valence-corrected chi connectivity index (χ0v) is 17.7. The molecular weight excluding hydrogens is 386 g/mol. The third-order valence-corrected chi connectivity index (χ3v) is 5.94. The number of ether oxygens (including phenoxy) is 2. The first-order chi connectivity index (χ1) is 15.7. The van der Waals surface area contributed by atoms with Gasteiger partial charge in [-0.3, -0.25) is 9.59 Å². The number of hydrogen-bond acceptors (Lipinski definition) is 8. The Labute approximate surface area is 182 Å². The molecule has 3 rings (SSSR count). The van der Waals surface area contributed by atoms with Crippen molar-refractivity contribution in [2.45, 2.75) is 77.1 Å². The Hall–Kier alpha value is -2.03. The Balaban J connectivity index is 1.47. The van der Waals surface area contributed by atoms with E-state index in [1.165, 1.54) is 0 Å². The summed E-state index contributed by atoms with van der Waals surface area (Å²) in [5.41, 5.74) is 0. The molecule has 9 heteroatoms. The Morgan fingerprint density at radius 3 is 2.90 bits per heavy atom. The van der Waals surface area contributed by atoms with Gasteiger partial charge in [-0.05, 0) is 76.1 Å². The Morgan fingerprint density at radius 1 is 1.20 bits per heavy atom. The van der Waals surface area contributed by atoms with Gasteiger partial charge in [-0.1, -0.05) is 11.6 Å². The number of rotatable bonds is 11. The highest BCUT2D eigenvalue weighted by Crippen LogP contribution is 2.40. The summed E-state index contributed by atoms with van der Waals surface area (Å²) < 4.78 is 35.9. The third kappa shape index (κ3) is 7.04. The van der Waals surface area contributed by atoms with E-state index in [-0.39, 0.29) is 30.8 Å². The highest BCUT2D eigenvalue weighted by Gasteiger charge is 2.38. The molecule has 0 radical (unpaired) electrons. The zero-order chi connectivity index (χ0) is 23.9. The fourth-order valence-electron chi connectivity index (χ4n) is 4.32. The molecule has 0 amide bonds. The highest BCUT2D eigenvalue weighted by molar-refractivity contribution is 5.76. The number of fused-ring (bicyclic) bond motifs is 1. The third-order valence-electron chi connectivity index (χ3n) is 5.94. The fraction of sp³-hybridized carbons (Fsp3) is 0.857. The number of nitrogens with one attached hydrogen (secondary N) is 2. The van der Waals surface area contributed by atoms with Gasteiger partial charge in [-0.25, -0.2) is 0 Å². The van der Waals surface area contributed by atoms with Crippen LogP contribution in [0.3, 0.4) is 0 Å². The first-order valence-corrected chi connectivity index (χ1v) is 11.1. The first-order valence-electron chi connectivity index (χ1n) is 12.6. The predicted molar refractivity (Wildman–Crippen MR) is 109 cm³/mol. The van der Waals surface area contributed by atoms with Crippen LogP contribution in [0.4, 0.5) is 0 Å². The van der Waals surface area contributed by atoms with Crippen LogP contribution in [-0.4, -0.2) is 58.3 Å². The Morgan fingerprint density at radius 2 is 2.10 bits per heavy atom. The van der Waals surface area contributed by atoms with Crippen LogP contribution in [0.15, 0.2) is 0 Å². The predicted octanol–water partition coefficient (Wildman–Crippen LogP) is 2.19. The van der Waals surface area contributed by atoms with Crippen LogP contribution in [0.2, 0.25) is 0 Å². The van der Waals surface area contributed by atoms with Gasteiger partial charge < -0.3 is 14.8 Å². The van der Waals surface area contributed by atoms with Gasteiger partial charge in [-0.2, -0.15) is 5.21 Å². The maximum atomic E-state index is 12.7. The van der Waals surface area contributed by atoms with Crippen molar-refractivity contribution in [1.82, 2.24) is 25.9 Å². The molecule has 1 saturated heterocycles. The van der Waals surface area contributed by atoms with E-state index in [4.69, 9.17) is 13.6 Å². The molecule has 2 aliphatic rings. The quantitative estimate of drug-likeness (QED) is 0.410. The molecule has 0 bridgehead atoms. The largest absolute Gasteiger partial charge is 0.466 e. The number of H-pyrrole nitrogens is 1. The molecule has 2 N–H and O–H groups in total. The summed E-state index contributed by atoms with van der Waals surface area (Å²) in [6.45, 7) is 0.474. The van der Waals surface area contributed by atoms with Crippen molar-refractivity contribution in [2.75, 3.05) is 19.7 Å². The Kier molecular flexibility index (Phi) is 7.47. The average molecular weight is 425 g/mol. The summed E-state index contributed by atoms with van der Waals surface area (Å²) in [6, 6.07) is -1.80. The van der Waals surface area contributed by atoms with E-state index in [2.05, 4.69) is 25.9 Å². The molecule has 0 spiro atoms. The molecule has 1 aliphatic carbocycles. The lowest BCUT2D eigenvalue weighted by Crippen LogP contribution is -2.50. The van der Waals surface area contributed by atoms with Gasteiger partial charge in [0.05, 0.1) is 14.6 Å². The van der Waals surface area contributed by atoms with E-state index in [9.17, 15) is 9.59 Å². The van der Waals surface area contributed by atoms with Crippen LogP contribution >= 0.6 is 0 Å². The van der Waals surface area contributed by atoms with Crippen molar-refractivity contribution < 1.29 is 23.2 Å². The van der Waals surface area contributed by atoms with Crippen LogP contribution in [0.5, 0.6) is 0 Å². The van der Waals surface area contributed by atoms with E-state index in [1.54, 1.807) is 6.92 Å². The van der Waals surface area contributed by atoms with Crippen molar-refractivity contribution in [3.63, 3.8) is 0 Å². The minimum absolute atomic E-state index is 0.0695. The molecule has 30 heavy (non-hydrogen) atoms. The number of tetrazole rings is 1. The number of unbranched alkanes of at least 4 members (excludes halogenated alkanes) is 2. The number of carbonyl (C=O) groups excluding carboxylic acids is 2. The van der Waals surface area contributed by atoms with Gasteiger partial charge in [-0.15, -0.1) is 10.2 Å². The lowest BCUT2D eigenvalue weighted by atomic mass is 9.69. The van der Waals surface area contributed by atoms with Crippen LogP contribution in [0.25, 0.3) is 0 Å². The minimum atomic E-state index is -1.80. The number of aromatic amines is 1. The molecule has 1 aromatic heterocycles. The lowest BCUT2D eigenvalue weighted by Gasteiger charge is -2.42. The van der Waals surface area contributed by atoms with E-state index < -0.39 is 18.5 Å². The van der Waals surface area contributed by atoms with Gasteiger partial charge in [0.1, 0.15) is 6.02 Å². The summed E-state index contributed by atoms with van der Waals surface area (Å²) in [4.78, 5) is 24.1. The van der Waals surface area contributed by atoms with Gasteiger partial charge in [0.2, 0.25) is 0 Å². The number of aryl methyl sites for hydroxylation is 1. The first kappa shape index (κ1) is 18.7. The van der Waals surface area contributed by atoms with Crippen molar-refractivity contribution in [1.29, 1.82) is 0 Å². The number of esters is 2. The summed E-state index contributed by atoms with van der Waals surface area (Å²) in [5, 5.41) is 16.6. The molecule has 2 heterocycles. The molecule has 2 fully saturated rings. The van der Waals surface area contributed by atoms with Gasteiger partial charge in [0.15, 0.2) is 5.82 Å². The van der Waals surface area contributed by atoms with Crippen molar-refractivity contribution in [3.8, 4) is 0 Å². The van der Waals surface area contributed by atoms with E-state index in [0.29, 0.717) is 56.9 Å². The van der Waals surface area contributed by atoms with Crippen LogP contribution in [0, 0.1) is 17.8 Å². The number of carbonyl (C=O) groups is 2. The molecule has 168 valence electrons. The molecule has 0 unspecified atom stereocenters. The van der Waals surface area contributed by atoms with Crippen molar-refractivity contribution in [3.05, 3.63) is 5.82 Å². The topological polar surface area (TPSA) is 119 Å². The highest BCUT2D eigenvalue weighted by atomic mass is 16.5. The number of aromatic nitrogens is 4. The van der Waals surface area contributed by atoms with E-state index in [1.807, 2.05) is 0 Å². The van der Waals surface area contributed by atoms with Crippen LogP contribution in [0.1, 0.15) is 74.6 Å².